The molecule has 0 atom stereocenters. The van der Waals surface area contributed by atoms with Crippen molar-refractivity contribution in [3.63, 3.8) is 0 Å². The van der Waals surface area contributed by atoms with Gasteiger partial charge in [0.2, 0.25) is 0 Å². The molecule has 1 aromatic rings. The minimum Gasteiger partial charge on any atom is -0.481 e. The van der Waals surface area contributed by atoms with Gasteiger partial charge in [0, 0.05) is 18.9 Å². The number of carbonyl (C=O) groups is 1. The molecule has 0 radical (unpaired) electrons. The van der Waals surface area contributed by atoms with E-state index in [2.05, 4.69) is 10.2 Å². The Morgan fingerprint density at radius 2 is 2.40 bits per heavy atom. The highest BCUT2D eigenvalue weighted by atomic mass is 16.4. The first-order valence-corrected chi connectivity index (χ1v) is 5.37. The van der Waals surface area contributed by atoms with Crippen molar-refractivity contribution in [3.8, 4) is 0 Å². The van der Waals surface area contributed by atoms with E-state index < -0.39 is 5.97 Å². The molecule has 2 rings (SSSR count). The largest absolute Gasteiger partial charge is 0.481 e. The van der Waals surface area contributed by atoms with Gasteiger partial charge < -0.3 is 9.67 Å². The van der Waals surface area contributed by atoms with Crippen LogP contribution in [0.5, 0.6) is 0 Å². The van der Waals surface area contributed by atoms with Gasteiger partial charge in [0.15, 0.2) is 0 Å². The normalized spacial score (nSPS) is 16.3. The van der Waals surface area contributed by atoms with Crippen molar-refractivity contribution >= 4 is 5.97 Å². The molecule has 0 spiro atoms. The number of carboxylic acids is 1. The van der Waals surface area contributed by atoms with E-state index in [1.54, 1.807) is 6.33 Å². The summed E-state index contributed by atoms with van der Waals surface area (Å²) in [6, 6.07) is 0. The molecule has 1 aromatic heterocycles. The Morgan fingerprint density at radius 3 is 3.00 bits per heavy atom. The summed E-state index contributed by atoms with van der Waals surface area (Å²) in [5.74, 6) is 0.845. The molecule has 15 heavy (non-hydrogen) atoms. The Bertz CT molecular complexity index is 344. The summed E-state index contributed by atoms with van der Waals surface area (Å²) in [5, 5.41) is 16.5. The molecule has 5 nitrogen and oxygen atoms in total. The van der Waals surface area contributed by atoms with Crippen LogP contribution in [0.4, 0.5) is 0 Å². The predicted molar refractivity (Wildman–Crippen MR) is 53.5 cm³/mol. The lowest BCUT2D eigenvalue weighted by atomic mass is 9.85. The minimum absolute atomic E-state index is 0.211. The second-order valence-corrected chi connectivity index (χ2v) is 4.01. The number of aliphatic carboxylic acids is 1. The van der Waals surface area contributed by atoms with E-state index in [1.165, 1.54) is 19.3 Å². The Kier molecular flexibility index (Phi) is 2.99. The Morgan fingerprint density at radius 1 is 1.60 bits per heavy atom. The summed E-state index contributed by atoms with van der Waals surface area (Å²) in [6.45, 7) is 0.713. The van der Waals surface area contributed by atoms with E-state index in [4.69, 9.17) is 5.11 Å². The monoisotopic (exact) mass is 209 g/mol. The Balaban J connectivity index is 1.89. The lowest BCUT2D eigenvalue weighted by Gasteiger charge is -2.24. The third-order valence-corrected chi connectivity index (χ3v) is 2.91. The van der Waals surface area contributed by atoms with Gasteiger partial charge in [-0.3, -0.25) is 4.79 Å². The first-order chi connectivity index (χ1) is 7.27. The van der Waals surface area contributed by atoms with E-state index in [0.717, 1.165) is 5.82 Å². The van der Waals surface area contributed by atoms with E-state index in [9.17, 15) is 4.79 Å². The molecule has 0 amide bonds. The first kappa shape index (κ1) is 10.1. The first-order valence-electron chi connectivity index (χ1n) is 5.37. The van der Waals surface area contributed by atoms with Crippen LogP contribution in [0.15, 0.2) is 6.33 Å². The van der Waals surface area contributed by atoms with E-state index in [-0.39, 0.29) is 6.42 Å². The lowest BCUT2D eigenvalue weighted by Crippen LogP contribution is -2.15. The fourth-order valence-electron chi connectivity index (χ4n) is 1.82. The Hall–Kier alpha value is -1.39. The number of nitrogens with zero attached hydrogens (tertiary/aromatic N) is 3. The van der Waals surface area contributed by atoms with Crippen LogP contribution in [0, 0.1) is 0 Å². The molecule has 1 N–H and O–H groups in total. The number of hydrogen-bond donors (Lipinski definition) is 1. The highest BCUT2D eigenvalue weighted by molar-refractivity contribution is 5.66. The van der Waals surface area contributed by atoms with Crippen LogP contribution in [0.1, 0.15) is 43.8 Å². The van der Waals surface area contributed by atoms with Gasteiger partial charge in [-0.25, -0.2) is 0 Å². The highest BCUT2D eigenvalue weighted by Gasteiger charge is 2.24. The molecule has 5 heteroatoms. The van der Waals surface area contributed by atoms with Gasteiger partial charge in [-0.05, 0) is 19.3 Å². The van der Waals surface area contributed by atoms with Gasteiger partial charge >= 0.3 is 5.97 Å². The third kappa shape index (κ3) is 2.34. The summed E-state index contributed by atoms with van der Waals surface area (Å²) in [4.78, 5) is 10.4. The number of rotatable bonds is 5. The number of aromatic nitrogens is 3. The molecule has 1 aliphatic rings. The van der Waals surface area contributed by atoms with Gasteiger partial charge in [-0.2, -0.15) is 0 Å². The van der Waals surface area contributed by atoms with E-state index >= 15 is 0 Å². The predicted octanol–water partition coefficient (Wildman–Crippen LogP) is 1.41. The van der Waals surface area contributed by atoms with Crippen molar-refractivity contribution in [1.29, 1.82) is 0 Å². The summed E-state index contributed by atoms with van der Waals surface area (Å²) < 4.78 is 1.99. The van der Waals surface area contributed by atoms with Gasteiger partial charge in [-0.1, -0.05) is 6.42 Å². The van der Waals surface area contributed by atoms with Crippen LogP contribution in [-0.4, -0.2) is 25.8 Å². The summed E-state index contributed by atoms with van der Waals surface area (Å²) in [7, 11) is 0. The van der Waals surface area contributed by atoms with Crippen LogP contribution in [0.2, 0.25) is 0 Å². The van der Waals surface area contributed by atoms with Gasteiger partial charge in [-0.15, -0.1) is 10.2 Å². The van der Waals surface area contributed by atoms with Crippen molar-refractivity contribution in [1.82, 2.24) is 14.8 Å². The quantitative estimate of drug-likeness (QED) is 0.796. The summed E-state index contributed by atoms with van der Waals surface area (Å²) in [6.07, 6.45) is 6.22. The van der Waals surface area contributed by atoms with Crippen molar-refractivity contribution < 1.29 is 9.90 Å². The molecule has 0 bridgehead atoms. The average Bonchev–Trinajstić information content (AvgIpc) is 2.50. The van der Waals surface area contributed by atoms with Crippen molar-refractivity contribution in [2.24, 2.45) is 0 Å². The van der Waals surface area contributed by atoms with Crippen molar-refractivity contribution in [3.05, 3.63) is 12.2 Å². The molecule has 0 aromatic carbocycles. The van der Waals surface area contributed by atoms with Crippen LogP contribution in [0.3, 0.4) is 0 Å². The summed E-state index contributed by atoms with van der Waals surface area (Å²) >= 11 is 0. The maximum Gasteiger partial charge on any atom is 0.303 e. The van der Waals surface area contributed by atoms with Crippen molar-refractivity contribution in [2.45, 2.75) is 44.6 Å². The van der Waals surface area contributed by atoms with Crippen LogP contribution in [-0.2, 0) is 11.3 Å². The standard InChI is InChI=1S/C10H15N3O2/c14-9(15)5-2-6-13-7-11-12-10(13)8-3-1-4-8/h7-8H,1-6H2,(H,14,15). The fraction of sp³-hybridized carbons (Fsp3) is 0.700. The summed E-state index contributed by atoms with van der Waals surface area (Å²) in [5.41, 5.74) is 0. The average molecular weight is 209 g/mol. The molecule has 1 saturated carbocycles. The second-order valence-electron chi connectivity index (χ2n) is 4.01. The molecule has 0 unspecified atom stereocenters. The van der Waals surface area contributed by atoms with E-state index in [0.29, 0.717) is 18.9 Å². The zero-order chi connectivity index (χ0) is 10.7. The molecule has 0 aliphatic heterocycles. The number of carboxylic acid groups (broad SMARTS) is 1. The van der Waals surface area contributed by atoms with Crippen LogP contribution >= 0.6 is 0 Å². The maximum absolute atomic E-state index is 10.4. The van der Waals surface area contributed by atoms with E-state index in [1.807, 2.05) is 4.57 Å². The molecular formula is C10H15N3O2. The molecule has 1 fully saturated rings. The molecule has 1 heterocycles. The Labute approximate surface area is 88.1 Å². The third-order valence-electron chi connectivity index (χ3n) is 2.91. The molecule has 1 aliphatic carbocycles. The smallest absolute Gasteiger partial charge is 0.303 e. The topological polar surface area (TPSA) is 68.0 Å². The minimum atomic E-state index is -0.742. The van der Waals surface area contributed by atoms with Crippen LogP contribution in [0.25, 0.3) is 0 Å². The molecule has 0 saturated heterocycles. The molecule has 82 valence electrons. The number of hydrogen-bond acceptors (Lipinski definition) is 3. The van der Waals surface area contributed by atoms with Gasteiger partial charge in [0.25, 0.3) is 0 Å². The van der Waals surface area contributed by atoms with Crippen molar-refractivity contribution in [2.75, 3.05) is 0 Å². The lowest BCUT2D eigenvalue weighted by molar-refractivity contribution is -0.137. The van der Waals surface area contributed by atoms with Gasteiger partial charge in [0.1, 0.15) is 12.2 Å². The number of aryl methyl sites for hydroxylation is 1. The second kappa shape index (κ2) is 4.42. The fourth-order valence-corrected chi connectivity index (χ4v) is 1.82. The zero-order valence-corrected chi connectivity index (χ0v) is 8.59. The SMILES string of the molecule is O=C(O)CCCn1cnnc1C1CCC1. The zero-order valence-electron chi connectivity index (χ0n) is 8.59. The van der Waals surface area contributed by atoms with Crippen LogP contribution < -0.4 is 0 Å². The van der Waals surface area contributed by atoms with Gasteiger partial charge in [0.05, 0.1) is 0 Å². The highest BCUT2D eigenvalue weighted by Crippen LogP contribution is 2.34. The maximum atomic E-state index is 10.4. The molecular weight excluding hydrogens is 194 g/mol.